The van der Waals surface area contributed by atoms with Gasteiger partial charge >= 0.3 is 0 Å². The molecular formula is C46H43FIrN4O-2. The van der Waals surface area contributed by atoms with E-state index in [1.54, 1.807) is 12.1 Å². The molecule has 0 spiro atoms. The number of nitrogens with zero attached hydrogens (tertiary/aromatic N) is 4. The summed E-state index contributed by atoms with van der Waals surface area (Å²) in [6, 6.07) is 36.5. The first-order chi connectivity index (χ1) is 26.1. The Morgan fingerprint density at radius 1 is 0.811 bits per heavy atom. The fourth-order valence-electron chi connectivity index (χ4n) is 6.50. The summed E-state index contributed by atoms with van der Waals surface area (Å²) in [5.41, 5.74) is 10.3. The quantitative estimate of drug-likeness (QED) is 0.162. The molecule has 0 aliphatic carbocycles. The van der Waals surface area contributed by atoms with Crippen molar-refractivity contribution >= 4 is 33.1 Å². The second-order valence-electron chi connectivity index (χ2n) is 14.7. The van der Waals surface area contributed by atoms with Crippen molar-refractivity contribution in [2.45, 2.75) is 72.6 Å². The Balaban J connectivity index is 0.000000248. The van der Waals surface area contributed by atoms with Gasteiger partial charge in [0.25, 0.3) is 0 Å². The summed E-state index contributed by atoms with van der Waals surface area (Å²) in [4.78, 5) is 14.5. The van der Waals surface area contributed by atoms with Crippen LogP contribution in [0.5, 0.6) is 0 Å². The van der Waals surface area contributed by atoms with Crippen LogP contribution in [0.3, 0.4) is 0 Å². The van der Waals surface area contributed by atoms with E-state index in [-0.39, 0.29) is 36.9 Å². The maximum absolute atomic E-state index is 12.7. The number of para-hydroxylation sites is 2. The minimum Gasteiger partial charge on any atom is -0.501 e. The van der Waals surface area contributed by atoms with Gasteiger partial charge in [0.15, 0.2) is 5.65 Å². The Morgan fingerprint density at radius 2 is 1.57 bits per heavy atom. The van der Waals surface area contributed by atoms with E-state index in [0.717, 1.165) is 55.9 Å². The summed E-state index contributed by atoms with van der Waals surface area (Å²) in [6.45, 7) is 13.5. The Morgan fingerprint density at radius 3 is 2.21 bits per heavy atom. The number of pyridine rings is 2. The predicted octanol–water partition coefficient (Wildman–Crippen LogP) is 12.3. The van der Waals surface area contributed by atoms with E-state index < -0.39 is 6.85 Å². The molecule has 0 fully saturated rings. The van der Waals surface area contributed by atoms with E-state index in [2.05, 4.69) is 119 Å². The summed E-state index contributed by atoms with van der Waals surface area (Å²) in [7, 11) is 0. The van der Waals surface area contributed by atoms with E-state index >= 15 is 0 Å². The van der Waals surface area contributed by atoms with Crippen LogP contribution in [0.25, 0.3) is 61.4 Å². The molecule has 8 aromatic rings. The SMILES string of the molecule is CC(C)c1cccc(C(C)C)c1-n1c(-c2[c-]ccc3c2oc2ccccc23)nc2ccc(C(C)(C)C)nc21.[2H]C([2H])([2H])c1ccc(-c2[c-]cc(F)cc2)nc1.[Ir]. The molecule has 0 saturated carbocycles. The minimum absolute atomic E-state index is 0. The molecule has 0 aliphatic heterocycles. The predicted molar refractivity (Wildman–Crippen MR) is 210 cm³/mol. The molecule has 0 N–H and O–H groups in total. The molecule has 0 unspecified atom stereocenters. The number of aromatic nitrogens is 4. The summed E-state index contributed by atoms with van der Waals surface area (Å²) in [5, 5.41) is 2.16. The number of fused-ring (bicyclic) bond motifs is 4. The summed E-state index contributed by atoms with van der Waals surface area (Å²) >= 11 is 0. The van der Waals surface area contributed by atoms with Crippen LogP contribution in [0.1, 0.15) is 86.8 Å². The number of aryl methyl sites for hydroxylation is 1. The first kappa shape index (κ1) is 33.8. The van der Waals surface area contributed by atoms with Crippen molar-refractivity contribution in [3.05, 3.63) is 144 Å². The molecule has 0 bridgehead atoms. The van der Waals surface area contributed by atoms with Crippen LogP contribution in [0.2, 0.25) is 0 Å². The van der Waals surface area contributed by atoms with E-state index in [9.17, 15) is 4.39 Å². The second-order valence-corrected chi connectivity index (χ2v) is 14.7. The number of benzene rings is 4. The van der Waals surface area contributed by atoms with Crippen molar-refractivity contribution in [3.8, 4) is 28.3 Å². The van der Waals surface area contributed by atoms with Gasteiger partial charge in [0.2, 0.25) is 0 Å². The smallest absolute Gasteiger partial charge is 0.155 e. The molecule has 53 heavy (non-hydrogen) atoms. The molecule has 0 saturated heterocycles. The molecule has 7 heteroatoms. The molecule has 0 aliphatic rings. The third-order valence-electron chi connectivity index (χ3n) is 9.22. The third-order valence-corrected chi connectivity index (χ3v) is 9.22. The van der Waals surface area contributed by atoms with Gasteiger partial charge in [-0.1, -0.05) is 108 Å². The summed E-state index contributed by atoms with van der Waals surface area (Å²) in [6.07, 6.45) is 1.31. The summed E-state index contributed by atoms with van der Waals surface area (Å²) in [5.74, 6) is 1.09. The molecule has 0 atom stereocenters. The molecule has 8 rings (SSSR count). The molecule has 4 aromatic heterocycles. The standard InChI is InChI=1S/C34H34N3O.C12H9FN.Ir/c1-20(2)22-13-10-14-23(21(3)4)30(22)37-32(35-27-18-19-29(34(5,6)7)36-33(27)37)26-16-11-15-25-24-12-8-9-17-28(24)38-31(25)26;1-9-2-7-12(14-8-9)10-3-5-11(13)6-4-10;/h8-15,17-21H,1-7H3;2-3,5-8H,1H3;/q2*-1;/i;1D3;. The van der Waals surface area contributed by atoms with Gasteiger partial charge in [-0.15, -0.1) is 48.0 Å². The number of furan rings is 1. The Bertz CT molecular complexity index is 2610. The molecule has 5 nitrogen and oxygen atoms in total. The van der Waals surface area contributed by atoms with Crippen LogP contribution < -0.4 is 0 Å². The van der Waals surface area contributed by atoms with Crippen LogP contribution in [0.15, 0.2) is 108 Å². The fourth-order valence-corrected chi connectivity index (χ4v) is 6.50. The molecule has 271 valence electrons. The number of rotatable bonds is 5. The Kier molecular flexibility index (Phi) is 9.69. The van der Waals surface area contributed by atoms with Gasteiger partial charge in [0, 0.05) is 58.4 Å². The van der Waals surface area contributed by atoms with Gasteiger partial charge in [-0.3, -0.25) is 9.37 Å². The van der Waals surface area contributed by atoms with E-state index in [4.69, 9.17) is 18.5 Å². The molecule has 0 amide bonds. The van der Waals surface area contributed by atoms with Crippen molar-refractivity contribution < 1.29 is 33.0 Å². The van der Waals surface area contributed by atoms with E-state index in [0.29, 0.717) is 23.1 Å². The van der Waals surface area contributed by atoms with Gasteiger partial charge in [-0.25, -0.2) is 4.98 Å². The average Bonchev–Trinajstić information content (AvgIpc) is 3.73. The van der Waals surface area contributed by atoms with Gasteiger partial charge in [-0.2, -0.15) is 0 Å². The molecular weight excluding hydrogens is 836 g/mol. The number of hydrogen-bond acceptors (Lipinski definition) is 4. The third kappa shape index (κ3) is 7.46. The first-order valence-corrected chi connectivity index (χ1v) is 17.6. The fraction of sp³-hybridized carbons (Fsp3) is 0.239. The van der Waals surface area contributed by atoms with Gasteiger partial charge < -0.3 is 14.0 Å². The maximum Gasteiger partial charge on any atom is 0.155 e. The zero-order chi connectivity index (χ0) is 39.2. The molecule has 1 radical (unpaired) electrons. The van der Waals surface area contributed by atoms with Gasteiger partial charge in [0.05, 0.1) is 16.9 Å². The van der Waals surface area contributed by atoms with Crippen molar-refractivity contribution in [1.29, 1.82) is 0 Å². The number of hydrogen-bond donors (Lipinski definition) is 0. The van der Waals surface area contributed by atoms with Crippen LogP contribution in [0, 0.1) is 24.8 Å². The maximum atomic E-state index is 12.7. The van der Waals surface area contributed by atoms with Crippen molar-refractivity contribution in [1.82, 2.24) is 19.5 Å². The van der Waals surface area contributed by atoms with E-state index in [1.807, 2.05) is 18.2 Å². The normalized spacial score (nSPS) is 12.8. The van der Waals surface area contributed by atoms with E-state index in [1.165, 1.54) is 35.5 Å². The minimum atomic E-state index is -2.15. The number of imidazole rings is 1. The van der Waals surface area contributed by atoms with Crippen LogP contribution in [0.4, 0.5) is 4.39 Å². The number of halogens is 1. The van der Waals surface area contributed by atoms with Crippen LogP contribution in [-0.2, 0) is 25.5 Å². The van der Waals surface area contributed by atoms with Crippen LogP contribution in [-0.4, -0.2) is 19.5 Å². The van der Waals surface area contributed by atoms with Crippen molar-refractivity contribution in [2.75, 3.05) is 0 Å². The van der Waals surface area contributed by atoms with Crippen molar-refractivity contribution in [2.24, 2.45) is 0 Å². The largest absolute Gasteiger partial charge is 0.501 e. The molecule has 4 aromatic carbocycles. The zero-order valence-corrected chi connectivity index (χ0v) is 33.3. The Hall–Kier alpha value is -4.97. The molecule has 4 heterocycles. The Labute approximate surface area is 328 Å². The first-order valence-electron chi connectivity index (χ1n) is 19.1. The van der Waals surface area contributed by atoms with Crippen LogP contribution >= 0.6 is 0 Å². The van der Waals surface area contributed by atoms with Crippen molar-refractivity contribution in [3.63, 3.8) is 0 Å². The topological polar surface area (TPSA) is 56.7 Å². The average molecular weight is 882 g/mol. The summed E-state index contributed by atoms with van der Waals surface area (Å²) < 4.78 is 43.1. The monoisotopic (exact) mass is 882 g/mol. The zero-order valence-electron chi connectivity index (χ0n) is 33.9. The van der Waals surface area contributed by atoms with Gasteiger partial charge in [0.1, 0.15) is 5.58 Å². The second kappa shape index (κ2) is 15.2. The van der Waals surface area contributed by atoms with Gasteiger partial charge in [-0.05, 0) is 59.3 Å².